The Bertz CT molecular complexity index is 1590. The largest absolute Gasteiger partial charge is 0.489 e. The van der Waals surface area contributed by atoms with Crippen LogP contribution in [-0.4, -0.2) is 53.1 Å². The predicted octanol–water partition coefficient (Wildman–Crippen LogP) is 5.13. The molecule has 4 aromatic rings. The fraction of sp³-hybridized carbons (Fsp3) is 0.171. The predicted molar refractivity (Wildman–Crippen MR) is 167 cm³/mol. The molecular formula is C35H30N2O6S. The Kier molecular flexibility index (Phi) is 8.93. The highest BCUT2D eigenvalue weighted by Crippen LogP contribution is 2.41. The first-order valence-electron chi connectivity index (χ1n) is 14.2. The van der Waals surface area contributed by atoms with E-state index >= 15 is 0 Å². The zero-order valence-corrected chi connectivity index (χ0v) is 24.5. The van der Waals surface area contributed by atoms with Crippen molar-refractivity contribution in [3.63, 3.8) is 0 Å². The van der Waals surface area contributed by atoms with Crippen LogP contribution in [0.4, 0.5) is 0 Å². The minimum atomic E-state index is -0.801. The van der Waals surface area contributed by atoms with Gasteiger partial charge in [0.05, 0.1) is 0 Å². The molecule has 1 saturated heterocycles. The van der Waals surface area contributed by atoms with Gasteiger partial charge in [-0.1, -0.05) is 97.1 Å². The number of nitrogens with zero attached hydrogens (tertiary/aromatic N) is 1. The number of hydrogen-bond acceptors (Lipinski definition) is 7. The fourth-order valence-corrected chi connectivity index (χ4v) is 6.42. The number of β-lactam (4-membered cyclic amide) rings is 1. The number of amides is 2. The third kappa shape index (κ3) is 6.48. The van der Waals surface area contributed by atoms with Gasteiger partial charge in [0.1, 0.15) is 35.2 Å². The van der Waals surface area contributed by atoms with E-state index in [0.29, 0.717) is 22.8 Å². The summed E-state index contributed by atoms with van der Waals surface area (Å²) >= 11 is 1.46. The summed E-state index contributed by atoms with van der Waals surface area (Å²) < 4.78 is 17.7. The van der Waals surface area contributed by atoms with Crippen LogP contribution in [-0.2, 0) is 19.1 Å². The van der Waals surface area contributed by atoms with Gasteiger partial charge in [0.25, 0.3) is 11.8 Å². The second-order valence-electron chi connectivity index (χ2n) is 10.2. The van der Waals surface area contributed by atoms with E-state index in [9.17, 15) is 14.4 Å². The fourth-order valence-electron chi connectivity index (χ4n) is 5.10. The summed E-state index contributed by atoms with van der Waals surface area (Å²) in [4.78, 5) is 41.7. The summed E-state index contributed by atoms with van der Waals surface area (Å²) in [5, 5.41) is 2.30. The molecule has 8 nitrogen and oxygen atoms in total. The number of rotatable bonds is 11. The van der Waals surface area contributed by atoms with Gasteiger partial charge in [0, 0.05) is 11.3 Å². The molecule has 1 unspecified atom stereocenters. The third-order valence-corrected chi connectivity index (χ3v) is 8.60. The number of para-hydroxylation sites is 2. The van der Waals surface area contributed by atoms with Crippen molar-refractivity contribution in [2.24, 2.45) is 0 Å². The lowest BCUT2D eigenvalue weighted by Gasteiger charge is -2.49. The number of esters is 1. The lowest BCUT2D eigenvalue weighted by molar-refractivity contribution is -0.155. The molecule has 0 bridgehead atoms. The third-order valence-electron chi connectivity index (χ3n) is 7.26. The smallest absolute Gasteiger partial charge is 0.356 e. The monoisotopic (exact) mass is 606 g/mol. The van der Waals surface area contributed by atoms with E-state index in [1.165, 1.54) is 16.7 Å². The van der Waals surface area contributed by atoms with Gasteiger partial charge in [-0.15, -0.1) is 11.8 Å². The van der Waals surface area contributed by atoms with Gasteiger partial charge >= 0.3 is 5.97 Å². The minimum Gasteiger partial charge on any atom is -0.489 e. The number of thioether (sulfide) groups is 1. The maximum absolute atomic E-state index is 14.1. The molecule has 2 heterocycles. The molecule has 1 N–H and O–H groups in total. The molecule has 0 saturated carbocycles. The van der Waals surface area contributed by atoms with Crippen molar-refractivity contribution in [3.05, 3.63) is 144 Å². The van der Waals surface area contributed by atoms with Crippen molar-refractivity contribution < 1.29 is 28.6 Å². The van der Waals surface area contributed by atoms with Crippen LogP contribution in [0.5, 0.6) is 11.5 Å². The van der Waals surface area contributed by atoms with Crippen LogP contribution >= 0.6 is 11.8 Å². The summed E-state index contributed by atoms with van der Waals surface area (Å²) in [5.41, 5.74) is 2.38. The Morgan fingerprint density at radius 2 is 1.30 bits per heavy atom. The lowest BCUT2D eigenvalue weighted by atomic mass is 10.0. The average Bonchev–Trinajstić information content (AvgIpc) is 3.08. The zero-order chi connectivity index (χ0) is 30.3. The summed E-state index contributed by atoms with van der Waals surface area (Å²) in [6.45, 7) is -0.136. The number of fused-ring (bicyclic) bond motifs is 1. The first kappa shape index (κ1) is 29.1. The van der Waals surface area contributed by atoms with Crippen molar-refractivity contribution in [1.82, 2.24) is 10.2 Å². The maximum atomic E-state index is 14.1. The highest BCUT2D eigenvalue weighted by atomic mass is 32.2. The average molecular weight is 607 g/mol. The van der Waals surface area contributed by atoms with Gasteiger partial charge in [-0.25, -0.2) is 4.79 Å². The van der Waals surface area contributed by atoms with Gasteiger partial charge in [-0.2, -0.15) is 0 Å². The van der Waals surface area contributed by atoms with Gasteiger partial charge in [0.15, 0.2) is 12.7 Å². The molecular weight excluding hydrogens is 576 g/mol. The van der Waals surface area contributed by atoms with Crippen molar-refractivity contribution >= 4 is 29.5 Å². The standard InChI is InChI=1S/C35H30N2O6S/c38-29(22-42-28-19-11-4-12-20-28)36-30-33(39)37-31(26(23-44-34(30)37)21-41-27-17-9-3-10-18-27)35(40)43-32(24-13-5-1-6-14-24)25-15-7-2-8-16-25/h1-20,30,32,34H,21-23H2,(H,36,38)/t30?,34-/m0/s1. The minimum absolute atomic E-state index is 0.0984. The topological polar surface area (TPSA) is 94.2 Å². The van der Waals surface area contributed by atoms with E-state index in [-0.39, 0.29) is 18.9 Å². The maximum Gasteiger partial charge on any atom is 0.356 e. The van der Waals surface area contributed by atoms with E-state index < -0.39 is 35.3 Å². The Balaban J connectivity index is 1.23. The van der Waals surface area contributed by atoms with Crippen LogP contribution in [0, 0.1) is 0 Å². The van der Waals surface area contributed by atoms with Gasteiger partial charge in [-0.05, 0) is 35.4 Å². The van der Waals surface area contributed by atoms with Crippen LogP contribution in [0.15, 0.2) is 133 Å². The molecule has 2 aliphatic rings. The van der Waals surface area contributed by atoms with Crippen molar-refractivity contribution in [2.75, 3.05) is 19.0 Å². The summed E-state index contributed by atoms with van der Waals surface area (Å²) in [6, 6.07) is 36.4. The highest BCUT2D eigenvalue weighted by molar-refractivity contribution is 8.00. The molecule has 1 fully saturated rings. The van der Waals surface area contributed by atoms with E-state index in [2.05, 4.69) is 5.32 Å². The number of ether oxygens (including phenoxy) is 3. The molecule has 0 spiro atoms. The number of benzene rings is 4. The first-order valence-corrected chi connectivity index (χ1v) is 15.3. The van der Waals surface area contributed by atoms with Crippen molar-refractivity contribution in [3.8, 4) is 11.5 Å². The van der Waals surface area contributed by atoms with Crippen molar-refractivity contribution in [2.45, 2.75) is 17.5 Å². The summed E-state index contributed by atoms with van der Waals surface area (Å²) in [5.74, 6) is 0.163. The van der Waals surface area contributed by atoms with E-state index in [1.54, 1.807) is 12.1 Å². The van der Waals surface area contributed by atoms with Crippen LogP contribution in [0.2, 0.25) is 0 Å². The van der Waals surface area contributed by atoms with E-state index in [4.69, 9.17) is 14.2 Å². The molecule has 9 heteroatoms. The molecule has 2 atom stereocenters. The van der Waals surface area contributed by atoms with Crippen LogP contribution in [0.25, 0.3) is 0 Å². The second kappa shape index (κ2) is 13.5. The Hall–Kier alpha value is -5.02. The Labute approximate surface area is 259 Å². The second-order valence-corrected chi connectivity index (χ2v) is 11.3. The molecule has 44 heavy (non-hydrogen) atoms. The quantitative estimate of drug-likeness (QED) is 0.187. The first-order chi connectivity index (χ1) is 21.6. The van der Waals surface area contributed by atoms with Crippen LogP contribution in [0.1, 0.15) is 17.2 Å². The van der Waals surface area contributed by atoms with Gasteiger partial charge in [-0.3, -0.25) is 14.5 Å². The Morgan fingerprint density at radius 1 is 0.773 bits per heavy atom. The summed E-state index contributed by atoms with van der Waals surface area (Å²) in [7, 11) is 0. The molecule has 222 valence electrons. The normalized spacial score (nSPS) is 17.4. The molecule has 2 aliphatic heterocycles. The zero-order valence-electron chi connectivity index (χ0n) is 23.7. The van der Waals surface area contributed by atoms with Crippen molar-refractivity contribution in [1.29, 1.82) is 0 Å². The number of carbonyl (C=O) groups excluding carboxylic acids is 3. The van der Waals surface area contributed by atoms with E-state index in [0.717, 1.165) is 11.1 Å². The molecule has 0 aromatic heterocycles. The Morgan fingerprint density at radius 3 is 1.86 bits per heavy atom. The van der Waals surface area contributed by atoms with Gasteiger partial charge < -0.3 is 19.5 Å². The number of hydrogen-bond donors (Lipinski definition) is 1. The SMILES string of the molecule is O=C(COc1ccccc1)NC1C(=O)N2C(C(=O)OC(c3ccccc3)c3ccccc3)=C(COc3ccccc3)CS[C@@H]12. The molecule has 0 radical (unpaired) electrons. The molecule has 2 amide bonds. The molecule has 4 aromatic carbocycles. The van der Waals surface area contributed by atoms with E-state index in [1.807, 2.05) is 109 Å². The van der Waals surface area contributed by atoms with Crippen LogP contribution < -0.4 is 14.8 Å². The molecule has 0 aliphatic carbocycles. The van der Waals surface area contributed by atoms with Crippen LogP contribution in [0.3, 0.4) is 0 Å². The molecule has 6 rings (SSSR count). The lowest BCUT2D eigenvalue weighted by Crippen LogP contribution is -2.71. The number of nitrogens with one attached hydrogen (secondary N) is 1. The summed E-state index contributed by atoms with van der Waals surface area (Å²) in [6.07, 6.45) is -0.691. The van der Waals surface area contributed by atoms with Gasteiger partial charge in [0.2, 0.25) is 0 Å². The number of carbonyl (C=O) groups is 3. The highest BCUT2D eigenvalue weighted by Gasteiger charge is 2.54.